The number of halogens is 4. The van der Waals surface area contributed by atoms with E-state index in [0.717, 1.165) is 6.07 Å². The number of carbonyl (C=O) groups excluding carboxylic acids is 3. The van der Waals surface area contributed by atoms with E-state index in [1.54, 1.807) is 0 Å². The molecule has 11 heteroatoms. The molecule has 0 aliphatic carbocycles. The van der Waals surface area contributed by atoms with Crippen molar-refractivity contribution in [2.45, 2.75) is 13.0 Å². The fourth-order valence-corrected chi connectivity index (χ4v) is 2.14. The first kappa shape index (κ1) is 21.2. The van der Waals surface area contributed by atoms with Gasteiger partial charge in [-0.25, -0.2) is 22.9 Å². The summed E-state index contributed by atoms with van der Waals surface area (Å²) in [6, 6.07) is 4.27. The Labute approximate surface area is 161 Å². The monoisotopic (exact) mass is 415 g/mol. The topological polar surface area (TPSA) is 97.4 Å². The van der Waals surface area contributed by atoms with Gasteiger partial charge in [-0.1, -0.05) is 11.6 Å². The zero-order valence-corrected chi connectivity index (χ0v) is 15.0. The zero-order valence-electron chi connectivity index (χ0n) is 14.3. The van der Waals surface area contributed by atoms with Gasteiger partial charge >= 0.3 is 5.97 Å². The molecule has 28 heavy (non-hydrogen) atoms. The highest BCUT2D eigenvalue weighted by atomic mass is 35.5. The number of ether oxygens (including phenoxy) is 1. The summed E-state index contributed by atoms with van der Waals surface area (Å²) in [5.74, 6) is -7.35. The van der Waals surface area contributed by atoms with Gasteiger partial charge in [0.15, 0.2) is 23.6 Å². The van der Waals surface area contributed by atoms with Gasteiger partial charge in [0.1, 0.15) is 5.15 Å². The lowest BCUT2D eigenvalue weighted by atomic mass is 10.2. The van der Waals surface area contributed by atoms with Gasteiger partial charge in [-0.15, -0.1) is 0 Å². The van der Waals surface area contributed by atoms with Crippen molar-refractivity contribution in [2.75, 3.05) is 11.9 Å². The van der Waals surface area contributed by atoms with Crippen LogP contribution >= 0.6 is 11.6 Å². The lowest BCUT2D eigenvalue weighted by molar-refractivity contribution is -0.130. The molecule has 7 nitrogen and oxygen atoms in total. The summed E-state index contributed by atoms with van der Waals surface area (Å²) in [6.07, 6.45) is 0.0838. The molecular weight excluding hydrogens is 403 g/mol. The number of rotatable bonds is 6. The molecule has 0 saturated carbocycles. The van der Waals surface area contributed by atoms with Crippen molar-refractivity contribution in [3.8, 4) is 0 Å². The summed E-state index contributed by atoms with van der Waals surface area (Å²) in [5, 5.41) is 4.03. The second-order valence-electron chi connectivity index (χ2n) is 5.38. The summed E-state index contributed by atoms with van der Waals surface area (Å²) in [4.78, 5) is 39.3. The summed E-state index contributed by atoms with van der Waals surface area (Å²) < 4.78 is 44.4. The van der Waals surface area contributed by atoms with Crippen molar-refractivity contribution in [1.82, 2.24) is 10.3 Å². The largest absolute Gasteiger partial charge is 0.449 e. The predicted octanol–water partition coefficient (Wildman–Crippen LogP) is 2.45. The molecule has 1 aromatic heterocycles. The van der Waals surface area contributed by atoms with Crippen molar-refractivity contribution in [3.63, 3.8) is 0 Å². The lowest BCUT2D eigenvalue weighted by Crippen LogP contribution is -2.40. The smallest absolute Gasteiger partial charge is 0.342 e. The summed E-state index contributed by atoms with van der Waals surface area (Å²) >= 11 is 5.75. The molecule has 1 aromatic carbocycles. The number of hydrogen-bond donors (Lipinski definition) is 2. The highest BCUT2D eigenvalue weighted by Crippen LogP contribution is 2.19. The van der Waals surface area contributed by atoms with Crippen molar-refractivity contribution in [3.05, 3.63) is 58.6 Å². The normalized spacial score (nSPS) is 11.5. The van der Waals surface area contributed by atoms with Crippen LogP contribution in [-0.4, -0.2) is 35.4 Å². The number of aromatic nitrogens is 1. The van der Waals surface area contributed by atoms with Crippen LogP contribution in [0.1, 0.15) is 17.3 Å². The Hall–Kier alpha value is -3.14. The van der Waals surface area contributed by atoms with E-state index >= 15 is 0 Å². The molecule has 1 heterocycles. The van der Waals surface area contributed by atoms with E-state index in [1.165, 1.54) is 25.3 Å². The third-order valence-corrected chi connectivity index (χ3v) is 3.67. The van der Waals surface area contributed by atoms with Gasteiger partial charge in [0.05, 0.1) is 17.8 Å². The second kappa shape index (κ2) is 9.18. The van der Waals surface area contributed by atoms with Crippen LogP contribution in [-0.2, 0) is 14.3 Å². The quantitative estimate of drug-likeness (QED) is 0.429. The Morgan fingerprint density at radius 2 is 1.89 bits per heavy atom. The molecule has 2 amide bonds. The van der Waals surface area contributed by atoms with Crippen LogP contribution in [0.25, 0.3) is 0 Å². The fourth-order valence-electron chi connectivity index (χ4n) is 1.94. The molecule has 1 atom stereocenters. The molecule has 1 unspecified atom stereocenters. The second-order valence-corrected chi connectivity index (χ2v) is 5.74. The highest BCUT2D eigenvalue weighted by Gasteiger charge is 2.22. The molecule has 0 bridgehead atoms. The number of nitrogens with zero attached hydrogens (tertiary/aromatic N) is 1. The van der Waals surface area contributed by atoms with Gasteiger partial charge < -0.3 is 15.4 Å². The van der Waals surface area contributed by atoms with Gasteiger partial charge in [0, 0.05) is 6.20 Å². The Morgan fingerprint density at radius 1 is 1.18 bits per heavy atom. The van der Waals surface area contributed by atoms with E-state index < -0.39 is 53.6 Å². The van der Waals surface area contributed by atoms with E-state index in [-0.39, 0.29) is 10.7 Å². The van der Waals surface area contributed by atoms with Crippen molar-refractivity contribution < 1.29 is 32.3 Å². The number of nitrogens with one attached hydrogen (secondary N) is 2. The van der Waals surface area contributed by atoms with E-state index in [2.05, 4.69) is 10.3 Å². The zero-order chi connectivity index (χ0) is 20.8. The van der Waals surface area contributed by atoms with Gasteiger partial charge in [-0.3, -0.25) is 9.59 Å². The Morgan fingerprint density at radius 3 is 2.57 bits per heavy atom. The molecule has 0 fully saturated rings. The molecule has 0 aliphatic rings. The fraction of sp³-hybridized carbons (Fsp3) is 0.176. The highest BCUT2D eigenvalue weighted by molar-refractivity contribution is 6.32. The minimum Gasteiger partial charge on any atom is -0.449 e. The van der Waals surface area contributed by atoms with E-state index in [0.29, 0.717) is 6.07 Å². The van der Waals surface area contributed by atoms with Gasteiger partial charge in [-0.2, -0.15) is 0 Å². The third kappa shape index (κ3) is 5.19. The average Bonchev–Trinajstić information content (AvgIpc) is 2.66. The predicted molar refractivity (Wildman–Crippen MR) is 92.1 cm³/mol. The summed E-state index contributed by atoms with van der Waals surface area (Å²) in [7, 11) is 0. The van der Waals surface area contributed by atoms with Crippen LogP contribution in [0, 0.1) is 17.5 Å². The molecule has 2 rings (SSSR count). The van der Waals surface area contributed by atoms with E-state index in [1.807, 2.05) is 5.32 Å². The molecule has 2 aromatic rings. The van der Waals surface area contributed by atoms with Gasteiger partial charge in [-0.05, 0) is 31.2 Å². The Kier molecular flexibility index (Phi) is 6.94. The Balaban J connectivity index is 1.87. The van der Waals surface area contributed by atoms with Crippen molar-refractivity contribution in [1.29, 1.82) is 0 Å². The first-order valence-electron chi connectivity index (χ1n) is 7.73. The maximum atomic E-state index is 13.5. The minimum atomic E-state index is -1.74. The first-order chi connectivity index (χ1) is 13.2. The first-order valence-corrected chi connectivity index (χ1v) is 8.11. The molecule has 0 aliphatic heterocycles. The summed E-state index contributed by atoms with van der Waals surface area (Å²) in [5.41, 5.74) is -0.640. The van der Waals surface area contributed by atoms with Gasteiger partial charge in [0.25, 0.3) is 5.91 Å². The number of benzene rings is 1. The maximum Gasteiger partial charge on any atom is 0.342 e. The molecule has 148 valence electrons. The molecular formula is C17H13ClF3N3O4. The van der Waals surface area contributed by atoms with Crippen LogP contribution in [0.15, 0.2) is 30.5 Å². The number of anilines is 1. The van der Waals surface area contributed by atoms with Crippen LogP contribution in [0.5, 0.6) is 0 Å². The molecule has 0 spiro atoms. The van der Waals surface area contributed by atoms with E-state index in [4.69, 9.17) is 16.3 Å². The van der Waals surface area contributed by atoms with Crippen LogP contribution in [0.3, 0.4) is 0 Å². The van der Waals surface area contributed by atoms with Gasteiger partial charge in [0.2, 0.25) is 5.91 Å². The molecule has 0 saturated heterocycles. The third-order valence-electron chi connectivity index (χ3n) is 3.36. The summed E-state index contributed by atoms with van der Waals surface area (Å²) in [6.45, 7) is 0.622. The van der Waals surface area contributed by atoms with Crippen LogP contribution < -0.4 is 10.6 Å². The van der Waals surface area contributed by atoms with Crippen molar-refractivity contribution in [2.24, 2.45) is 0 Å². The van der Waals surface area contributed by atoms with Crippen LogP contribution in [0.4, 0.5) is 18.9 Å². The van der Waals surface area contributed by atoms with E-state index in [9.17, 15) is 27.6 Å². The number of pyridine rings is 1. The molecule has 0 radical (unpaired) electrons. The van der Waals surface area contributed by atoms with Crippen LogP contribution in [0.2, 0.25) is 5.15 Å². The minimum absolute atomic E-state index is 0.0460. The number of hydrogen-bond acceptors (Lipinski definition) is 5. The maximum absolute atomic E-state index is 13.5. The number of amides is 2. The number of esters is 1. The molecule has 2 N–H and O–H groups in total. The average molecular weight is 416 g/mol. The standard InChI is InChI=1S/C17H13ClF3N3O4/c1-8(28-17(27)9-3-2-6-22-15(9)18)16(26)23-7-12(25)24-11-5-4-10(19)13(20)14(11)21/h2-6,8H,7H2,1H3,(H,23,26)(H,24,25). The van der Waals surface area contributed by atoms with Crippen molar-refractivity contribution >= 4 is 35.1 Å². The number of carbonyl (C=O) groups is 3. The lowest BCUT2D eigenvalue weighted by Gasteiger charge is -2.14. The SMILES string of the molecule is CC(OC(=O)c1cccnc1Cl)C(=O)NCC(=O)Nc1ccc(F)c(F)c1F. The Bertz CT molecular complexity index is 927.